The van der Waals surface area contributed by atoms with Crippen molar-refractivity contribution >= 4 is 40.2 Å². The zero-order valence-corrected chi connectivity index (χ0v) is 19.3. The number of aromatic nitrogens is 2. The van der Waals surface area contributed by atoms with Crippen LogP contribution in [0.1, 0.15) is 41.5 Å². The van der Waals surface area contributed by atoms with E-state index < -0.39 is 5.54 Å². The molecule has 1 aliphatic carbocycles. The Labute approximate surface area is 198 Å². The lowest BCUT2D eigenvalue weighted by molar-refractivity contribution is -0.123. The highest BCUT2D eigenvalue weighted by atomic mass is 16.2. The van der Waals surface area contributed by atoms with E-state index in [9.17, 15) is 4.79 Å². The SMILES string of the molecule is Cc1cc(/C(N)=C/C=N)cc2c(N3CCc4ccc(NC(=O)C5(N)CCC5)cc4C3)ncnc12. The molecule has 3 aromatic rings. The summed E-state index contributed by atoms with van der Waals surface area (Å²) in [5, 5.41) is 11.3. The number of rotatable bonds is 5. The van der Waals surface area contributed by atoms with E-state index in [2.05, 4.69) is 26.3 Å². The van der Waals surface area contributed by atoms with Crippen molar-refractivity contribution in [3.8, 4) is 0 Å². The van der Waals surface area contributed by atoms with Crippen LogP contribution in [-0.2, 0) is 17.8 Å². The minimum Gasteiger partial charge on any atom is -0.398 e. The lowest BCUT2D eigenvalue weighted by atomic mass is 9.77. The van der Waals surface area contributed by atoms with Crippen molar-refractivity contribution in [2.24, 2.45) is 11.5 Å². The first-order valence-corrected chi connectivity index (χ1v) is 11.6. The second kappa shape index (κ2) is 8.53. The van der Waals surface area contributed by atoms with Crippen molar-refractivity contribution in [1.29, 1.82) is 5.41 Å². The number of aryl methyl sites for hydroxylation is 1. The van der Waals surface area contributed by atoms with Gasteiger partial charge in [-0.2, -0.15) is 0 Å². The van der Waals surface area contributed by atoms with Crippen molar-refractivity contribution in [2.75, 3.05) is 16.8 Å². The molecular weight excluding hydrogens is 426 g/mol. The standard InChI is InChI=1S/C26H29N7O/c1-16-11-18(22(28)5-9-27)13-21-23(16)30-15-31-24(21)33-10-6-17-3-4-20(12-19(17)14-33)32-25(34)26(29)7-2-8-26/h3-5,9,11-13,15,27H,2,6-8,10,14,28-29H2,1H3,(H,32,34)/b22-5-,27-9?. The van der Waals surface area contributed by atoms with E-state index in [1.165, 1.54) is 11.8 Å². The van der Waals surface area contributed by atoms with E-state index >= 15 is 0 Å². The molecule has 2 aliphatic rings. The van der Waals surface area contributed by atoms with Crippen LogP contribution in [-0.4, -0.2) is 34.2 Å². The fourth-order valence-electron chi connectivity index (χ4n) is 4.79. The summed E-state index contributed by atoms with van der Waals surface area (Å²) in [6.45, 7) is 3.51. The van der Waals surface area contributed by atoms with Gasteiger partial charge in [0.25, 0.3) is 0 Å². The highest BCUT2D eigenvalue weighted by Gasteiger charge is 2.40. The third kappa shape index (κ3) is 3.90. The molecule has 0 unspecified atom stereocenters. The molecule has 8 nitrogen and oxygen atoms in total. The smallest absolute Gasteiger partial charge is 0.244 e. The van der Waals surface area contributed by atoms with E-state index in [4.69, 9.17) is 16.9 Å². The minimum absolute atomic E-state index is 0.105. The van der Waals surface area contributed by atoms with Crippen LogP contribution in [0.5, 0.6) is 0 Å². The Balaban J connectivity index is 1.46. The van der Waals surface area contributed by atoms with Crippen molar-refractivity contribution in [2.45, 2.75) is 44.7 Å². The third-order valence-electron chi connectivity index (χ3n) is 6.98. The summed E-state index contributed by atoms with van der Waals surface area (Å²) < 4.78 is 0. The molecule has 8 heteroatoms. The zero-order chi connectivity index (χ0) is 23.9. The Hall–Kier alpha value is -3.78. The predicted octanol–water partition coefficient (Wildman–Crippen LogP) is 3.27. The van der Waals surface area contributed by atoms with Gasteiger partial charge in [0, 0.05) is 36.1 Å². The second-order valence-corrected chi connectivity index (χ2v) is 9.29. The van der Waals surface area contributed by atoms with Crippen LogP contribution in [0.2, 0.25) is 0 Å². The molecule has 34 heavy (non-hydrogen) atoms. The Kier molecular flexibility index (Phi) is 5.53. The number of nitrogens with zero attached hydrogens (tertiary/aromatic N) is 3. The zero-order valence-electron chi connectivity index (χ0n) is 19.3. The Morgan fingerprint density at radius 3 is 2.76 bits per heavy atom. The topological polar surface area (TPSA) is 134 Å². The predicted molar refractivity (Wildman–Crippen MR) is 136 cm³/mol. The molecule has 0 radical (unpaired) electrons. The average Bonchev–Trinajstić information content (AvgIpc) is 2.81. The normalized spacial score (nSPS) is 17.1. The van der Waals surface area contributed by atoms with Crippen LogP contribution in [0.25, 0.3) is 16.6 Å². The molecule has 1 aliphatic heterocycles. The minimum atomic E-state index is -0.731. The lowest BCUT2D eigenvalue weighted by Crippen LogP contribution is -2.56. The number of amides is 1. The van der Waals surface area contributed by atoms with Crippen molar-refractivity contribution < 1.29 is 4.79 Å². The number of carbonyl (C=O) groups excluding carboxylic acids is 1. The molecule has 2 heterocycles. The summed E-state index contributed by atoms with van der Waals surface area (Å²) in [5.74, 6) is 0.750. The molecule has 1 fully saturated rings. The van der Waals surface area contributed by atoms with Gasteiger partial charge in [0.05, 0.1) is 11.1 Å². The molecule has 1 amide bonds. The van der Waals surface area contributed by atoms with Gasteiger partial charge in [-0.25, -0.2) is 9.97 Å². The second-order valence-electron chi connectivity index (χ2n) is 9.29. The first kappa shape index (κ1) is 22.0. The first-order valence-electron chi connectivity index (χ1n) is 11.6. The molecular formula is C26H29N7O. The average molecular weight is 456 g/mol. The Morgan fingerprint density at radius 2 is 2.03 bits per heavy atom. The molecule has 1 aromatic heterocycles. The number of carbonyl (C=O) groups is 1. The van der Waals surface area contributed by atoms with E-state index in [-0.39, 0.29) is 5.91 Å². The van der Waals surface area contributed by atoms with Gasteiger partial charge in [-0.3, -0.25) is 4.79 Å². The fourth-order valence-corrected chi connectivity index (χ4v) is 4.79. The molecule has 1 saturated carbocycles. The number of hydrogen-bond donors (Lipinski definition) is 4. The maximum absolute atomic E-state index is 12.6. The highest BCUT2D eigenvalue weighted by molar-refractivity contribution is 5.99. The van der Waals surface area contributed by atoms with Crippen LogP contribution in [0.15, 0.2) is 42.7 Å². The van der Waals surface area contributed by atoms with Crippen LogP contribution < -0.4 is 21.7 Å². The summed E-state index contributed by atoms with van der Waals surface area (Å²) in [6, 6.07) is 10.1. The molecule has 5 rings (SSSR count). The largest absolute Gasteiger partial charge is 0.398 e. The van der Waals surface area contributed by atoms with Gasteiger partial charge in [0.1, 0.15) is 12.1 Å². The lowest BCUT2D eigenvalue weighted by Gasteiger charge is -2.36. The van der Waals surface area contributed by atoms with Crippen LogP contribution >= 0.6 is 0 Å². The number of nitrogens with one attached hydrogen (secondary N) is 2. The van der Waals surface area contributed by atoms with E-state index in [0.29, 0.717) is 12.2 Å². The number of anilines is 2. The van der Waals surface area contributed by atoms with Crippen LogP contribution in [0.3, 0.4) is 0 Å². The van der Waals surface area contributed by atoms with Crippen molar-refractivity contribution in [1.82, 2.24) is 9.97 Å². The van der Waals surface area contributed by atoms with Gasteiger partial charge in [-0.15, -0.1) is 0 Å². The van der Waals surface area contributed by atoms with Gasteiger partial charge < -0.3 is 27.1 Å². The van der Waals surface area contributed by atoms with E-state index in [1.807, 2.05) is 31.2 Å². The highest BCUT2D eigenvalue weighted by Crippen LogP contribution is 2.33. The monoisotopic (exact) mass is 455 g/mol. The van der Waals surface area contributed by atoms with Crippen molar-refractivity contribution in [3.63, 3.8) is 0 Å². The van der Waals surface area contributed by atoms with Gasteiger partial charge in [0.15, 0.2) is 0 Å². The van der Waals surface area contributed by atoms with Gasteiger partial charge in [-0.1, -0.05) is 6.07 Å². The third-order valence-corrected chi connectivity index (χ3v) is 6.98. The van der Waals surface area contributed by atoms with E-state index in [0.717, 1.165) is 71.3 Å². The molecule has 0 atom stereocenters. The summed E-state index contributed by atoms with van der Waals surface area (Å²) in [5.41, 5.74) is 18.1. The molecule has 0 spiro atoms. The van der Waals surface area contributed by atoms with Gasteiger partial charge >= 0.3 is 0 Å². The summed E-state index contributed by atoms with van der Waals surface area (Å²) >= 11 is 0. The number of fused-ring (bicyclic) bond motifs is 2. The quantitative estimate of drug-likeness (QED) is 0.436. The molecule has 0 saturated heterocycles. The van der Waals surface area contributed by atoms with Gasteiger partial charge in [0.2, 0.25) is 5.91 Å². The maximum atomic E-state index is 12.6. The molecule has 2 aromatic carbocycles. The van der Waals surface area contributed by atoms with Gasteiger partial charge in [-0.05, 0) is 85.2 Å². The summed E-state index contributed by atoms with van der Waals surface area (Å²) in [4.78, 5) is 24.0. The Bertz CT molecular complexity index is 1330. The number of hydrogen-bond acceptors (Lipinski definition) is 7. The van der Waals surface area contributed by atoms with Crippen LogP contribution in [0, 0.1) is 12.3 Å². The van der Waals surface area contributed by atoms with Crippen LogP contribution in [0.4, 0.5) is 11.5 Å². The first-order chi connectivity index (χ1) is 16.4. The summed E-state index contributed by atoms with van der Waals surface area (Å²) in [6.07, 6.45) is 7.72. The fraction of sp³-hybridized carbons (Fsp3) is 0.308. The molecule has 174 valence electrons. The maximum Gasteiger partial charge on any atom is 0.244 e. The molecule has 6 N–H and O–H groups in total. The number of nitrogens with two attached hydrogens (primary N) is 2. The Morgan fingerprint density at radius 1 is 1.21 bits per heavy atom. The molecule has 0 bridgehead atoms. The number of benzene rings is 2. The van der Waals surface area contributed by atoms with Crippen molar-refractivity contribution in [3.05, 3.63) is 65.0 Å². The van der Waals surface area contributed by atoms with E-state index in [1.54, 1.807) is 12.4 Å². The number of allylic oxidation sites excluding steroid dienone is 1. The summed E-state index contributed by atoms with van der Waals surface area (Å²) in [7, 11) is 0.